The summed E-state index contributed by atoms with van der Waals surface area (Å²) in [6.07, 6.45) is 5.16. The molecule has 3 heterocycles. The van der Waals surface area contributed by atoms with Crippen molar-refractivity contribution < 1.29 is 4.74 Å². The number of nitrogens with zero attached hydrogens (tertiary/aromatic N) is 4. The molecular weight excluding hydrogens is 412 g/mol. The maximum Gasteiger partial charge on any atom is 0.152 e. The molecule has 0 atom stereocenters. The van der Waals surface area contributed by atoms with Crippen LogP contribution in [0.15, 0.2) is 67.1 Å². The molecule has 0 fully saturated rings. The van der Waals surface area contributed by atoms with Crippen LogP contribution in [0.4, 0.5) is 11.6 Å². The third-order valence-corrected chi connectivity index (χ3v) is 5.86. The van der Waals surface area contributed by atoms with E-state index in [1.807, 2.05) is 36.4 Å². The van der Waals surface area contributed by atoms with Gasteiger partial charge in [0.1, 0.15) is 18.2 Å². The number of fused-ring (bicyclic) bond motifs is 2. The molecule has 5 aromatic rings. The molecule has 0 bridgehead atoms. The van der Waals surface area contributed by atoms with Crippen LogP contribution in [0.1, 0.15) is 22.3 Å². The SMILES string of the molecule is Cc1cc2c(N)nccc2c(C)c1CNc1cc(OCc2ccc3ncccc3c2)cnn1. The van der Waals surface area contributed by atoms with Crippen LogP contribution in [0, 0.1) is 13.8 Å². The van der Waals surface area contributed by atoms with Crippen molar-refractivity contribution in [3.63, 3.8) is 0 Å². The Hall–Kier alpha value is -4.26. The Morgan fingerprint density at radius 3 is 2.79 bits per heavy atom. The number of nitrogen functional groups attached to an aromatic ring is 1. The first kappa shape index (κ1) is 20.6. The number of hydrogen-bond acceptors (Lipinski definition) is 7. The summed E-state index contributed by atoms with van der Waals surface area (Å²) in [5.41, 5.74) is 11.6. The number of ether oxygens (including phenoxy) is 1. The van der Waals surface area contributed by atoms with E-state index in [-0.39, 0.29) is 0 Å². The lowest BCUT2D eigenvalue weighted by atomic mass is 9.96. The standard InChI is InChI=1S/C26H24N6O/c1-16-10-22-21(7-9-29-26(22)27)17(2)23(16)14-30-25-12-20(13-31-32-25)33-15-18-5-6-24-19(11-18)4-3-8-28-24/h3-13H,14-15H2,1-2H3,(H2,27,29)(H,30,32). The molecule has 7 nitrogen and oxygen atoms in total. The van der Waals surface area contributed by atoms with Gasteiger partial charge >= 0.3 is 0 Å². The Balaban J connectivity index is 1.29. The maximum absolute atomic E-state index is 6.06. The third kappa shape index (κ3) is 4.25. The molecule has 0 radical (unpaired) electrons. The van der Waals surface area contributed by atoms with E-state index in [0.717, 1.165) is 32.8 Å². The average molecular weight is 437 g/mol. The van der Waals surface area contributed by atoms with Gasteiger partial charge in [-0.2, -0.15) is 5.10 Å². The molecule has 0 saturated heterocycles. The van der Waals surface area contributed by atoms with Gasteiger partial charge in [0.25, 0.3) is 0 Å². The van der Waals surface area contributed by atoms with Crippen LogP contribution in [0.2, 0.25) is 0 Å². The number of rotatable bonds is 6. The number of nitrogens with one attached hydrogen (secondary N) is 1. The minimum absolute atomic E-state index is 0.439. The quantitative estimate of drug-likeness (QED) is 0.388. The Bertz CT molecular complexity index is 1470. The lowest BCUT2D eigenvalue weighted by molar-refractivity contribution is 0.304. The highest BCUT2D eigenvalue weighted by molar-refractivity contribution is 5.94. The van der Waals surface area contributed by atoms with Gasteiger partial charge in [-0.3, -0.25) is 4.98 Å². The Morgan fingerprint density at radius 1 is 0.970 bits per heavy atom. The fourth-order valence-corrected chi connectivity index (χ4v) is 4.08. The average Bonchev–Trinajstić information content (AvgIpc) is 2.83. The number of anilines is 2. The molecular formula is C26H24N6O. The van der Waals surface area contributed by atoms with E-state index in [1.165, 1.54) is 11.1 Å². The molecule has 0 unspecified atom stereocenters. The largest absolute Gasteiger partial charge is 0.487 e. The van der Waals surface area contributed by atoms with Crippen molar-refractivity contribution in [2.24, 2.45) is 0 Å². The molecule has 7 heteroatoms. The van der Waals surface area contributed by atoms with Crippen molar-refractivity contribution in [3.8, 4) is 5.75 Å². The van der Waals surface area contributed by atoms with Gasteiger partial charge in [-0.25, -0.2) is 4.98 Å². The van der Waals surface area contributed by atoms with Gasteiger partial charge in [-0.1, -0.05) is 12.1 Å². The predicted molar refractivity (Wildman–Crippen MR) is 131 cm³/mol. The monoisotopic (exact) mass is 436 g/mol. The third-order valence-electron chi connectivity index (χ3n) is 5.86. The van der Waals surface area contributed by atoms with Gasteiger partial charge in [-0.15, -0.1) is 5.10 Å². The molecule has 5 rings (SSSR count). The lowest BCUT2D eigenvalue weighted by Gasteiger charge is -2.15. The minimum Gasteiger partial charge on any atom is -0.487 e. The van der Waals surface area contributed by atoms with Gasteiger partial charge in [0, 0.05) is 35.8 Å². The van der Waals surface area contributed by atoms with E-state index in [9.17, 15) is 0 Å². The first-order valence-electron chi connectivity index (χ1n) is 10.7. The highest BCUT2D eigenvalue weighted by Crippen LogP contribution is 2.28. The van der Waals surface area contributed by atoms with Crippen molar-refractivity contribution >= 4 is 33.3 Å². The molecule has 0 spiro atoms. The predicted octanol–water partition coefficient (Wildman–Crippen LogP) is 4.96. The zero-order valence-electron chi connectivity index (χ0n) is 18.5. The van der Waals surface area contributed by atoms with Crippen molar-refractivity contribution in [2.75, 3.05) is 11.1 Å². The van der Waals surface area contributed by atoms with Gasteiger partial charge < -0.3 is 15.8 Å². The Kier molecular flexibility index (Phi) is 5.44. The van der Waals surface area contributed by atoms with Crippen molar-refractivity contribution in [3.05, 3.63) is 89.4 Å². The van der Waals surface area contributed by atoms with Crippen LogP contribution in [-0.4, -0.2) is 20.2 Å². The lowest BCUT2D eigenvalue weighted by Crippen LogP contribution is -2.07. The van der Waals surface area contributed by atoms with Crippen LogP contribution in [0.3, 0.4) is 0 Å². The summed E-state index contributed by atoms with van der Waals surface area (Å²) in [5.74, 6) is 1.87. The van der Waals surface area contributed by atoms with E-state index in [0.29, 0.717) is 30.5 Å². The van der Waals surface area contributed by atoms with Crippen molar-refractivity contribution in [2.45, 2.75) is 27.0 Å². The number of benzene rings is 2. The molecule has 0 saturated carbocycles. The summed E-state index contributed by atoms with van der Waals surface area (Å²) in [6, 6.07) is 16.0. The van der Waals surface area contributed by atoms with E-state index in [4.69, 9.17) is 10.5 Å². The van der Waals surface area contributed by atoms with Gasteiger partial charge in [0.2, 0.25) is 0 Å². The molecule has 0 aliphatic rings. The van der Waals surface area contributed by atoms with Crippen LogP contribution in [0.25, 0.3) is 21.7 Å². The number of nitrogens with two attached hydrogens (primary N) is 1. The van der Waals surface area contributed by atoms with E-state index >= 15 is 0 Å². The summed E-state index contributed by atoms with van der Waals surface area (Å²) >= 11 is 0. The second-order valence-electron chi connectivity index (χ2n) is 8.04. The number of hydrogen-bond donors (Lipinski definition) is 2. The summed E-state index contributed by atoms with van der Waals surface area (Å²) in [7, 11) is 0. The maximum atomic E-state index is 6.06. The fourth-order valence-electron chi connectivity index (χ4n) is 4.08. The van der Waals surface area contributed by atoms with Crippen molar-refractivity contribution in [1.29, 1.82) is 0 Å². The second kappa shape index (κ2) is 8.70. The van der Waals surface area contributed by atoms with Crippen molar-refractivity contribution in [1.82, 2.24) is 20.2 Å². The smallest absolute Gasteiger partial charge is 0.152 e. The van der Waals surface area contributed by atoms with E-state index in [1.54, 1.807) is 18.6 Å². The zero-order valence-corrected chi connectivity index (χ0v) is 18.5. The second-order valence-corrected chi connectivity index (χ2v) is 8.04. The van der Waals surface area contributed by atoms with Gasteiger partial charge in [-0.05, 0) is 71.8 Å². The Labute approximate surface area is 191 Å². The topological polar surface area (TPSA) is 98.8 Å². The van der Waals surface area contributed by atoms with Crippen LogP contribution >= 0.6 is 0 Å². The minimum atomic E-state index is 0.439. The fraction of sp³-hybridized carbons (Fsp3) is 0.154. The first-order valence-corrected chi connectivity index (χ1v) is 10.7. The van der Waals surface area contributed by atoms with Gasteiger partial charge in [0.15, 0.2) is 5.82 Å². The number of aromatic nitrogens is 4. The van der Waals surface area contributed by atoms with Crippen LogP contribution < -0.4 is 15.8 Å². The summed E-state index contributed by atoms with van der Waals surface area (Å²) in [4.78, 5) is 8.56. The summed E-state index contributed by atoms with van der Waals surface area (Å²) in [6.45, 7) is 5.25. The number of pyridine rings is 2. The van der Waals surface area contributed by atoms with Crippen LogP contribution in [-0.2, 0) is 13.2 Å². The first-order chi connectivity index (χ1) is 16.1. The zero-order chi connectivity index (χ0) is 22.8. The molecule has 3 aromatic heterocycles. The highest BCUT2D eigenvalue weighted by Gasteiger charge is 2.11. The summed E-state index contributed by atoms with van der Waals surface area (Å²) in [5, 5.41) is 14.9. The molecule has 0 aliphatic carbocycles. The molecule has 0 aliphatic heterocycles. The van der Waals surface area contributed by atoms with Gasteiger partial charge in [0.05, 0.1) is 11.7 Å². The molecule has 3 N–H and O–H groups in total. The van der Waals surface area contributed by atoms with E-state index in [2.05, 4.69) is 51.5 Å². The molecule has 33 heavy (non-hydrogen) atoms. The summed E-state index contributed by atoms with van der Waals surface area (Å²) < 4.78 is 5.97. The number of aryl methyl sites for hydroxylation is 2. The normalized spacial score (nSPS) is 11.1. The molecule has 0 amide bonds. The molecule has 2 aromatic carbocycles. The highest BCUT2D eigenvalue weighted by atomic mass is 16.5. The van der Waals surface area contributed by atoms with E-state index < -0.39 is 0 Å². The Morgan fingerprint density at radius 2 is 1.88 bits per heavy atom. The van der Waals surface area contributed by atoms with Crippen LogP contribution in [0.5, 0.6) is 5.75 Å². The molecule has 164 valence electrons.